The Morgan fingerprint density at radius 2 is 1.79 bits per heavy atom. The monoisotopic (exact) mass is 559 g/mol. The second-order valence-corrected chi connectivity index (χ2v) is 12.1. The Kier molecular flexibility index (Phi) is 9.23. The molecule has 0 bridgehead atoms. The number of benzene rings is 2. The van der Waals surface area contributed by atoms with Crippen LogP contribution in [-0.4, -0.2) is 41.4 Å². The maximum absolute atomic E-state index is 13.8. The van der Waals surface area contributed by atoms with Gasteiger partial charge in [0.05, 0.1) is 18.3 Å². The molecule has 1 atom stereocenters. The molecule has 1 saturated carbocycles. The van der Waals surface area contributed by atoms with Crippen molar-refractivity contribution in [1.82, 2.24) is 10.8 Å². The third-order valence-electron chi connectivity index (χ3n) is 6.30. The van der Waals surface area contributed by atoms with Crippen molar-refractivity contribution in [2.24, 2.45) is 0 Å². The summed E-state index contributed by atoms with van der Waals surface area (Å²) in [5, 5.41) is 3.32. The van der Waals surface area contributed by atoms with Gasteiger partial charge in [0.15, 0.2) is 0 Å². The highest BCUT2D eigenvalue weighted by atomic mass is 35.5. The molecule has 2 N–H and O–H groups in total. The molecule has 0 spiro atoms. The Morgan fingerprint density at radius 3 is 2.47 bits per heavy atom. The first-order valence-electron chi connectivity index (χ1n) is 12.9. The van der Waals surface area contributed by atoms with Gasteiger partial charge in [-0.05, 0) is 69.5 Å². The summed E-state index contributed by atoms with van der Waals surface area (Å²) in [5.74, 6) is -0.346. The summed E-state index contributed by atoms with van der Waals surface area (Å²) in [7, 11) is 0. The predicted molar refractivity (Wildman–Crippen MR) is 148 cm³/mol. The van der Waals surface area contributed by atoms with Crippen LogP contribution >= 0.6 is 23.4 Å². The maximum Gasteiger partial charge on any atom is 0.408 e. The zero-order valence-electron chi connectivity index (χ0n) is 21.9. The summed E-state index contributed by atoms with van der Waals surface area (Å²) in [6.07, 6.45) is 4.60. The molecular formula is C28H34ClN3O5S. The second-order valence-electron chi connectivity index (χ2n) is 10.6. The van der Waals surface area contributed by atoms with Crippen molar-refractivity contribution in [3.8, 4) is 0 Å². The number of hydrogen-bond donors (Lipinski definition) is 2. The van der Waals surface area contributed by atoms with Crippen molar-refractivity contribution in [3.63, 3.8) is 0 Å². The van der Waals surface area contributed by atoms with Gasteiger partial charge >= 0.3 is 6.09 Å². The number of rotatable bonds is 6. The number of nitrogens with zero attached hydrogens (tertiary/aromatic N) is 1. The lowest BCUT2D eigenvalue weighted by Crippen LogP contribution is -2.50. The van der Waals surface area contributed by atoms with Gasteiger partial charge in [-0.2, -0.15) is 0 Å². The SMILES string of the molecule is CC(C)(C)OC(=O)N[C@H]1CSc2ccc(C(=O)NOC3CCCCC3)cc2N(Cc2ccc(Cl)cc2)C1=O. The molecule has 1 aliphatic heterocycles. The Balaban J connectivity index is 1.58. The van der Waals surface area contributed by atoms with E-state index in [1.807, 2.05) is 18.2 Å². The Hall–Kier alpha value is -2.75. The van der Waals surface area contributed by atoms with Crippen molar-refractivity contribution in [2.45, 2.75) is 82.1 Å². The number of carbonyl (C=O) groups excluding carboxylic acids is 3. The van der Waals surface area contributed by atoms with E-state index in [9.17, 15) is 14.4 Å². The smallest absolute Gasteiger partial charge is 0.408 e. The van der Waals surface area contributed by atoms with Crippen LogP contribution in [0.2, 0.25) is 5.02 Å². The quantitative estimate of drug-likeness (QED) is 0.430. The van der Waals surface area contributed by atoms with E-state index < -0.39 is 17.7 Å². The highest BCUT2D eigenvalue weighted by molar-refractivity contribution is 7.99. The second kappa shape index (κ2) is 12.4. The lowest BCUT2D eigenvalue weighted by molar-refractivity contribution is -0.120. The third-order valence-corrected chi connectivity index (χ3v) is 7.71. The van der Waals surface area contributed by atoms with Crippen molar-refractivity contribution in [1.29, 1.82) is 0 Å². The van der Waals surface area contributed by atoms with E-state index >= 15 is 0 Å². The van der Waals surface area contributed by atoms with Gasteiger partial charge in [0.1, 0.15) is 11.6 Å². The molecule has 204 valence electrons. The summed E-state index contributed by atoms with van der Waals surface area (Å²) >= 11 is 7.50. The van der Waals surface area contributed by atoms with E-state index in [1.54, 1.807) is 49.9 Å². The van der Waals surface area contributed by atoms with Crippen LogP contribution in [0.15, 0.2) is 47.4 Å². The number of ether oxygens (including phenoxy) is 1. The summed E-state index contributed by atoms with van der Waals surface area (Å²) < 4.78 is 5.39. The van der Waals surface area contributed by atoms with E-state index in [0.717, 1.165) is 36.1 Å². The van der Waals surface area contributed by atoms with Crippen LogP contribution in [0.4, 0.5) is 10.5 Å². The minimum Gasteiger partial charge on any atom is -0.444 e. The molecule has 0 unspecified atom stereocenters. The first kappa shape index (κ1) is 28.3. The van der Waals surface area contributed by atoms with Gasteiger partial charge in [-0.1, -0.05) is 43.0 Å². The number of fused-ring (bicyclic) bond motifs is 1. The topological polar surface area (TPSA) is 97.0 Å². The van der Waals surface area contributed by atoms with Crippen molar-refractivity contribution < 1.29 is 24.0 Å². The molecule has 8 nitrogen and oxygen atoms in total. The number of nitrogens with one attached hydrogen (secondary N) is 2. The third kappa shape index (κ3) is 7.65. The van der Waals surface area contributed by atoms with Gasteiger partial charge < -0.3 is 15.0 Å². The van der Waals surface area contributed by atoms with Gasteiger partial charge in [0.2, 0.25) is 0 Å². The number of amides is 3. The molecule has 2 aliphatic rings. The molecule has 1 fully saturated rings. The average Bonchev–Trinajstić information content (AvgIpc) is 3.00. The van der Waals surface area contributed by atoms with Gasteiger partial charge in [0.25, 0.3) is 11.8 Å². The predicted octanol–water partition coefficient (Wildman–Crippen LogP) is 5.87. The first-order valence-corrected chi connectivity index (χ1v) is 14.2. The fourth-order valence-corrected chi connectivity index (χ4v) is 5.59. The molecule has 1 aliphatic carbocycles. The number of alkyl carbamates (subject to hydrolysis) is 1. The van der Waals surface area contributed by atoms with Crippen molar-refractivity contribution in [2.75, 3.05) is 10.7 Å². The van der Waals surface area contributed by atoms with Gasteiger partial charge in [0, 0.05) is 21.2 Å². The average molecular weight is 560 g/mol. The molecule has 3 amide bonds. The maximum atomic E-state index is 13.8. The lowest BCUT2D eigenvalue weighted by Gasteiger charge is -2.27. The highest BCUT2D eigenvalue weighted by Crippen LogP contribution is 2.36. The van der Waals surface area contributed by atoms with Gasteiger partial charge in [-0.15, -0.1) is 11.8 Å². The molecule has 1 heterocycles. The minimum atomic E-state index is -0.818. The number of thioether (sulfide) groups is 1. The molecular weight excluding hydrogens is 526 g/mol. The van der Waals surface area contributed by atoms with Crippen molar-refractivity contribution in [3.05, 3.63) is 58.6 Å². The zero-order valence-corrected chi connectivity index (χ0v) is 23.5. The van der Waals surface area contributed by atoms with E-state index in [1.165, 1.54) is 18.2 Å². The molecule has 0 radical (unpaired) electrons. The van der Waals surface area contributed by atoms with Crippen LogP contribution in [0.1, 0.15) is 68.8 Å². The molecule has 38 heavy (non-hydrogen) atoms. The number of anilines is 1. The molecule has 0 aromatic heterocycles. The van der Waals surface area contributed by atoms with Crippen LogP contribution in [-0.2, 0) is 20.9 Å². The first-order chi connectivity index (χ1) is 18.1. The zero-order chi connectivity index (χ0) is 27.3. The number of hydroxylamine groups is 1. The highest BCUT2D eigenvalue weighted by Gasteiger charge is 2.33. The summed E-state index contributed by atoms with van der Waals surface area (Å²) in [4.78, 5) is 47.3. The molecule has 2 aromatic carbocycles. The Bertz CT molecular complexity index is 1160. The number of hydrogen-bond acceptors (Lipinski definition) is 6. The number of halogens is 1. The summed E-state index contributed by atoms with van der Waals surface area (Å²) in [6.45, 7) is 5.54. The lowest BCUT2D eigenvalue weighted by atomic mass is 9.98. The summed E-state index contributed by atoms with van der Waals surface area (Å²) in [5.41, 5.74) is 3.72. The van der Waals surface area contributed by atoms with Crippen molar-refractivity contribution >= 4 is 47.0 Å². The largest absolute Gasteiger partial charge is 0.444 e. The molecule has 10 heteroatoms. The van der Waals surface area contributed by atoms with Crippen LogP contribution < -0.4 is 15.7 Å². The van der Waals surface area contributed by atoms with Gasteiger partial charge in [-0.25, -0.2) is 10.3 Å². The Labute approximate surface area is 232 Å². The van der Waals surface area contributed by atoms with Crippen LogP contribution in [0.25, 0.3) is 0 Å². The standard InChI is InChI=1S/C28H34ClN3O5S/c1-28(2,3)36-27(35)30-22-17-38-24-14-11-19(25(33)31-37-21-7-5-4-6-8-21)15-23(24)32(26(22)34)16-18-9-12-20(29)13-10-18/h9-15,21-22H,4-8,16-17H2,1-3H3,(H,30,35)(H,31,33)/t22-/m0/s1. The summed E-state index contributed by atoms with van der Waals surface area (Å²) in [6, 6.07) is 11.6. The van der Waals surface area contributed by atoms with E-state index in [4.69, 9.17) is 21.2 Å². The minimum absolute atomic E-state index is 0.0201. The van der Waals surface area contributed by atoms with Crippen LogP contribution in [0, 0.1) is 0 Å². The fraction of sp³-hybridized carbons (Fsp3) is 0.464. The Morgan fingerprint density at radius 1 is 1.08 bits per heavy atom. The number of carbonyl (C=O) groups is 3. The normalized spacial score (nSPS) is 18.4. The van der Waals surface area contributed by atoms with E-state index in [2.05, 4.69) is 10.8 Å². The van der Waals surface area contributed by atoms with Crippen LogP contribution in [0.3, 0.4) is 0 Å². The molecule has 2 aromatic rings. The molecule has 0 saturated heterocycles. The van der Waals surface area contributed by atoms with E-state index in [-0.39, 0.29) is 24.5 Å². The van der Waals surface area contributed by atoms with Gasteiger partial charge in [-0.3, -0.25) is 14.4 Å². The molecule has 4 rings (SSSR count). The fourth-order valence-electron chi connectivity index (χ4n) is 4.41. The van der Waals surface area contributed by atoms with E-state index in [0.29, 0.717) is 22.0 Å². The van der Waals surface area contributed by atoms with Crippen LogP contribution in [0.5, 0.6) is 0 Å².